The molecule has 3 nitrogen and oxygen atoms in total. The van der Waals surface area contributed by atoms with Crippen LogP contribution in [0.3, 0.4) is 0 Å². The highest BCUT2D eigenvalue weighted by Gasteiger charge is 2.23. The third-order valence-electron chi connectivity index (χ3n) is 4.16. The Balaban J connectivity index is 1.89. The summed E-state index contributed by atoms with van der Waals surface area (Å²) in [5, 5.41) is 12.9. The van der Waals surface area contributed by atoms with E-state index in [1.165, 1.54) is 10.4 Å². The van der Waals surface area contributed by atoms with Gasteiger partial charge in [-0.05, 0) is 37.8 Å². The molecule has 4 heteroatoms. The quantitative estimate of drug-likeness (QED) is 0.875. The van der Waals surface area contributed by atoms with E-state index in [4.69, 9.17) is 0 Å². The average Bonchev–Trinajstić information content (AvgIpc) is 2.80. The Hall–Kier alpha value is -0.870. The van der Waals surface area contributed by atoms with Gasteiger partial charge >= 0.3 is 0 Å². The molecule has 1 amide bonds. The lowest BCUT2D eigenvalue weighted by Crippen LogP contribution is -2.36. The third-order valence-corrected chi connectivity index (χ3v) is 5.25. The standard InChI is InChI=1S/C16H25NO2S/c1-3-6-12-9-15(20-11(12)2)16(19)17-10-13-7-4-5-8-14(13)18/h9,13-14,18H,3-8,10H2,1-2H3,(H,17,19). The molecule has 0 spiro atoms. The van der Waals surface area contributed by atoms with Crippen LogP contribution in [0.15, 0.2) is 6.07 Å². The van der Waals surface area contributed by atoms with Gasteiger partial charge in [-0.1, -0.05) is 26.2 Å². The lowest BCUT2D eigenvalue weighted by Gasteiger charge is -2.27. The molecule has 1 aliphatic carbocycles. The first-order chi connectivity index (χ1) is 9.61. The molecule has 20 heavy (non-hydrogen) atoms. The van der Waals surface area contributed by atoms with Gasteiger partial charge in [0, 0.05) is 17.3 Å². The molecular weight excluding hydrogens is 270 g/mol. The highest BCUT2D eigenvalue weighted by molar-refractivity contribution is 7.14. The van der Waals surface area contributed by atoms with Crippen LogP contribution in [0.5, 0.6) is 0 Å². The smallest absolute Gasteiger partial charge is 0.261 e. The maximum atomic E-state index is 12.2. The Morgan fingerprint density at radius 3 is 2.90 bits per heavy atom. The zero-order valence-corrected chi connectivity index (χ0v) is 13.3. The van der Waals surface area contributed by atoms with Crippen molar-refractivity contribution in [2.75, 3.05) is 6.54 Å². The van der Waals surface area contributed by atoms with E-state index in [0.717, 1.165) is 43.4 Å². The maximum Gasteiger partial charge on any atom is 0.261 e. The number of hydrogen-bond acceptors (Lipinski definition) is 3. The maximum absolute atomic E-state index is 12.2. The second-order valence-electron chi connectivity index (χ2n) is 5.76. The summed E-state index contributed by atoms with van der Waals surface area (Å²) in [4.78, 5) is 14.2. The normalized spacial score (nSPS) is 22.8. The van der Waals surface area contributed by atoms with Gasteiger partial charge in [-0.15, -0.1) is 11.3 Å². The summed E-state index contributed by atoms with van der Waals surface area (Å²) in [7, 11) is 0. The number of hydrogen-bond donors (Lipinski definition) is 2. The number of aliphatic hydroxyl groups is 1. The molecule has 112 valence electrons. The molecule has 0 saturated heterocycles. The monoisotopic (exact) mass is 295 g/mol. The first kappa shape index (κ1) is 15.5. The molecule has 1 fully saturated rings. The molecule has 0 radical (unpaired) electrons. The Morgan fingerprint density at radius 1 is 1.45 bits per heavy atom. The van der Waals surface area contributed by atoms with E-state index in [0.29, 0.717) is 6.54 Å². The van der Waals surface area contributed by atoms with Crippen LogP contribution >= 0.6 is 11.3 Å². The molecule has 2 rings (SSSR count). The van der Waals surface area contributed by atoms with Gasteiger partial charge in [0.1, 0.15) is 0 Å². The van der Waals surface area contributed by atoms with Gasteiger partial charge in [0.05, 0.1) is 11.0 Å². The molecule has 2 atom stereocenters. The fourth-order valence-electron chi connectivity index (χ4n) is 2.89. The Bertz CT molecular complexity index is 455. The molecule has 2 unspecified atom stereocenters. The number of carbonyl (C=O) groups excluding carboxylic acids is 1. The van der Waals surface area contributed by atoms with Crippen molar-refractivity contribution in [1.29, 1.82) is 0 Å². The van der Waals surface area contributed by atoms with E-state index in [1.807, 2.05) is 6.07 Å². The summed E-state index contributed by atoms with van der Waals surface area (Å²) < 4.78 is 0. The summed E-state index contributed by atoms with van der Waals surface area (Å²) in [6.45, 7) is 4.83. The van der Waals surface area contributed by atoms with Crippen LogP contribution in [0.2, 0.25) is 0 Å². The van der Waals surface area contributed by atoms with E-state index in [1.54, 1.807) is 11.3 Å². The van der Waals surface area contributed by atoms with E-state index in [-0.39, 0.29) is 17.9 Å². The minimum atomic E-state index is -0.246. The summed E-state index contributed by atoms with van der Waals surface area (Å²) in [5.74, 6) is 0.238. The first-order valence-corrected chi connectivity index (χ1v) is 8.49. The third kappa shape index (κ3) is 3.83. The minimum absolute atomic E-state index is 0.0122. The van der Waals surface area contributed by atoms with E-state index < -0.39 is 0 Å². The second-order valence-corrected chi connectivity index (χ2v) is 7.02. The highest BCUT2D eigenvalue weighted by Crippen LogP contribution is 2.25. The number of nitrogens with one attached hydrogen (secondary N) is 1. The van der Waals surface area contributed by atoms with Crippen molar-refractivity contribution in [2.24, 2.45) is 5.92 Å². The molecule has 1 heterocycles. The Morgan fingerprint density at radius 2 is 2.20 bits per heavy atom. The molecule has 1 aromatic rings. The molecule has 1 aliphatic rings. The second kappa shape index (κ2) is 7.23. The van der Waals surface area contributed by atoms with Crippen molar-refractivity contribution >= 4 is 17.2 Å². The number of aliphatic hydroxyl groups excluding tert-OH is 1. The van der Waals surface area contributed by atoms with Crippen LogP contribution in [0, 0.1) is 12.8 Å². The molecule has 0 bridgehead atoms. The zero-order valence-electron chi connectivity index (χ0n) is 12.4. The fourth-order valence-corrected chi connectivity index (χ4v) is 3.87. The first-order valence-electron chi connectivity index (χ1n) is 7.67. The van der Waals surface area contributed by atoms with E-state index >= 15 is 0 Å². The van der Waals surface area contributed by atoms with Crippen molar-refractivity contribution in [3.63, 3.8) is 0 Å². The fraction of sp³-hybridized carbons (Fsp3) is 0.688. The zero-order chi connectivity index (χ0) is 14.5. The van der Waals surface area contributed by atoms with Gasteiger partial charge < -0.3 is 10.4 Å². The van der Waals surface area contributed by atoms with E-state index in [2.05, 4.69) is 19.2 Å². The molecule has 1 aromatic heterocycles. The Labute approximate surface area is 125 Å². The SMILES string of the molecule is CCCc1cc(C(=O)NCC2CCCCC2O)sc1C. The number of amides is 1. The summed E-state index contributed by atoms with van der Waals surface area (Å²) in [6, 6.07) is 2.02. The lowest BCUT2D eigenvalue weighted by atomic mass is 9.86. The van der Waals surface area contributed by atoms with Gasteiger partial charge in [0.25, 0.3) is 5.91 Å². The van der Waals surface area contributed by atoms with Crippen molar-refractivity contribution in [1.82, 2.24) is 5.32 Å². The van der Waals surface area contributed by atoms with Gasteiger partial charge in [-0.2, -0.15) is 0 Å². The molecule has 1 saturated carbocycles. The van der Waals surface area contributed by atoms with Crippen LogP contribution in [0.25, 0.3) is 0 Å². The lowest BCUT2D eigenvalue weighted by molar-refractivity contribution is 0.0664. The predicted octanol–water partition coefficient (Wildman–Crippen LogP) is 3.29. The largest absolute Gasteiger partial charge is 0.393 e. The predicted molar refractivity (Wildman–Crippen MR) is 83.3 cm³/mol. The summed E-state index contributed by atoms with van der Waals surface area (Å²) in [5.41, 5.74) is 1.29. The van der Waals surface area contributed by atoms with Gasteiger partial charge in [-0.3, -0.25) is 4.79 Å². The number of carbonyl (C=O) groups is 1. The summed E-state index contributed by atoms with van der Waals surface area (Å²) >= 11 is 1.58. The topological polar surface area (TPSA) is 49.3 Å². The van der Waals surface area contributed by atoms with Crippen LogP contribution in [0.1, 0.15) is 59.1 Å². The van der Waals surface area contributed by atoms with Crippen molar-refractivity contribution in [3.8, 4) is 0 Å². The van der Waals surface area contributed by atoms with Gasteiger partial charge in [-0.25, -0.2) is 0 Å². The number of aryl methyl sites for hydroxylation is 2. The van der Waals surface area contributed by atoms with E-state index in [9.17, 15) is 9.90 Å². The molecule has 0 aliphatic heterocycles. The van der Waals surface area contributed by atoms with Crippen molar-refractivity contribution in [2.45, 2.75) is 58.5 Å². The van der Waals surface area contributed by atoms with Crippen LogP contribution in [-0.2, 0) is 6.42 Å². The van der Waals surface area contributed by atoms with Crippen LogP contribution < -0.4 is 5.32 Å². The molecule has 0 aromatic carbocycles. The number of thiophene rings is 1. The minimum Gasteiger partial charge on any atom is -0.393 e. The molecular formula is C16H25NO2S. The van der Waals surface area contributed by atoms with Gasteiger partial charge in [0.2, 0.25) is 0 Å². The van der Waals surface area contributed by atoms with Crippen LogP contribution in [0.4, 0.5) is 0 Å². The highest BCUT2D eigenvalue weighted by atomic mass is 32.1. The van der Waals surface area contributed by atoms with Gasteiger partial charge in [0.15, 0.2) is 0 Å². The van der Waals surface area contributed by atoms with Crippen LogP contribution in [-0.4, -0.2) is 23.7 Å². The average molecular weight is 295 g/mol. The molecule has 2 N–H and O–H groups in total. The van der Waals surface area contributed by atoms with Crippen molar-refractivity contribution < 1.29 is 9.90 Å². The Kier molecular flexibility index (Phi) is 5.61. The summed E-state index contributed by atoms with van der Waals surface area (Å²) in [6.07, 6.45) is 6.06. The number of rotatable bonds is 5. The van der Waals surface area contributed by atoms with Crippen molar-refractivity contribution in [3.05, 3.63) is 21.4 Å².